The summed E-state index contributed by atoms with van der Waals surface area (Å²) in [5.74, 6) is 0.0356. The lowest BCUT2D eigenvalue weighted by Gasteiger charge is -2.21. The normalized spacial score (nSPS) is 9.78. The van der Waals surface area contributed by atoms with E-state index < -0.39 is 0 Å². The van der Waals surface area contributed by atoms with Crippen molar-refractivity contribution in [3.05, 3.63) is 35.9 Å². The van der Waals surface area contributed by atoms with E-state index in [1.807, 2.05) is 30.3 Å². The van der Waals surface area contributed by atoms with Gasteiger partial charge in [-0.15, -0.1) is 0 Å². The molecule has 0 aliphatic rings. The number of rotatable bonds is 7. The number of nitriles is 1. The molecule has 0 saturated heterocycles. The van der Waals surface area contributed by atoms with Gasteiger partial charge in [-0.2, -0.15) is 5.26 Å². The van der Waals surface area contributed by atoms with Crippen molar-refractivity contribution in [1.29, 1.82) is 5.26 Å². The number of hydrogen-bond donors (Lipinski definition) is 0. The van der Waals surface area contributed by atoms with Gasteiger partial charge < -0.3 is 9.64 Å². The number of nitrogens with zero attached hydrogens (tertiary/aromatic N) is 2. The molecule has 0 aromatic heterocycles. The largest absolute Gasteiger partial charge is 0.383 e. The highest BCUT2D eigenvalue weighted by molar-refractivity contribution is 5.78. The first kappa shape index (κ1) is 14.2. The number of ether oxygens (including phenoxy) is 1. The van der Waals surface area contributed by atoms with Crippen LogP contribution < -0.4 is 0 Å². The molecule has 0 atom stereocenters. The van der Waals surface area contributed by atoms with E-state index in [0.29, 0.717) is 32.5 Å². The Morgan fingerprint density at radius 3 is 2.67 bits per heavy atom. The van der Waals surface area contributed by atoms with Crippen LogP contribution in [0, 0.1) is 11.3 Å². The van der Waals surface area contributed by atoms with E-state index in [9.17, 15) is 4.79 Å². The summed E-state index contributed by atoms with van der Waals surface area (Å²) < 4.78 is 4.98. The van der Waals surface area contributed by atoms with Gasteiger partial charge in [-0.05, 0) is 5.56 Å². The van der Waals surface area contributed by atoms with Crippen molar-refractivity contribution in [2.24, 2.45) is 0 Å². The van der Waals surface area contributed by atoms with Gasteiger partial charge in [-0.1, -0.05) is 30.3 Å². The number of carbonyl (C=O) groups excluding carboxylic acids is 1. The van der Waals surface area contributed by atoms with Gasteiger partial charge in [0.2, 0.25) is 5.91 Å². The van der Waals surface area contributed by atoms with Gasteiger partial charge in [0, 0.05) is 20.2 Å². The Labute approximate surface area is 108 Å². The summed E-state index contributed by atoms with van der Waals surface area (Å²) in [6.45, 7) is 1.49. The van der Waals surface area contributed by atoms with Crippen LogP contribution in [-0.4, -0.2) is 37.6 Å². The van der Waals surface area contributed by atoms with Crippen molar-refractivity contribution in [3.63, 3.8) is 0 Å². The number of benzene rings is 1. The predicted octanol–water partition coefficient (Wildman–Crippen LogP) is 1.62. The minimum atomic E-state index is 0.0356. The van der Waals surface area contributed by atoms with E-state index in [-0.39, 0.29) is 5.91 Å². The van der Waals surface area contributed by atoms with Crippen molar-refractivity contribution in [3.8, 4) is 6.07 Å². The van der Waals surface area contributed by atoms with Crippen LogP contribution in [0.1, 0.15) is 12.0 Å². The molecule has 0 aliphatic heterocycles. The number of carbonyl (C=O) groups is 1. The van der Waals surface area contributed by atoms with Crippen LogP contribution in [0.3, 0.4) is 0 Å². The molecule has 1 aromatic carbocycles. The summed E-state index contributed by atoms with van der Waals surface area (Å²) in [6, 6.07) is 11.7. The van der Waals surface area contributed by atoms with Gasteiger partial charge in [0.15, 0.2) is 0 Å². The Morgan fingerprint density at radius 2 is 2.06 bits per heavy atom. The van der Waals surface area contributed by atoms with Crippen molar-refractivity contribution >= 4 is 5.91 Å². The van der Waals surface area contributed by atoms with Crippen molar-refractivity contribution in [2.75, 3.05) is 26.8 Å². The number of amides is 1. The lowest BCUT2D eigenvalue weighted by Crippen LogP contribution is -2.35. The van der Waals surface area contributed by atoms with E-state index >= 15 is 0 Å². The molecule has 0 unspecified atom stereocenters. The highest BCUT2D eigenvalue weighted by Crippen LogP contribution is 2.03. The molecule has 1 rings (SSSR count). The van der Waals surface area contributed by atoms with Gasteiger partial charge in [0.25, 0.3) is 0 Å². The monoisotopic (exact) mass is 246 g/mol. The molecule has 0 spiro atoms. The second-order valence-corrected chi connectivity index (χ2v) is 3.94. The Balaban J connectivity index is 2.55. The molecule has 0 heterocycles. The summed E-state index contributed by atoms with van der Waals surface area (Å²) in [5.41, 5.74) is 0.988. The topological polar surface area (TPSA) is 53.3 Å². The fraction of sp³-hybridized carbons (Fsp3) is 0.429. The Morgan fingerprint density at radius 1 is 1.33 bits per heavy atom. The van der Waals surface area contributed by atoms with E-state index in [1.165, 1.54) is 0 Å². The summed E-state index contributed by atoms with van der Waals surface area (Å²) in [6.07, 6.45) is 0.722. The highest BCUT2D eigenvalue weighted by atomic mass is 16.5. The van der Waals surface area contributed by atoms with Gasteiger partial charge in [0.1, 0.15) is 0 Å². The predicted molar refractivity (Wildman–Crippen MR) is 68.8 cm³/mol. The molecule has 0 saturated carbocycles. The third kappa shape index (κ3) is 4.98. The maximum Gasteiger partial charge on any atom is 0.227 e. The van der Waals surface area contributed by atoms with Gasteiger partial charge in [-0.25, -0.2) is 0 Å². The van der Waals surface area contributed by atoms with Crippen LogP contribution in [0.5, 0.6) is 0 Å². The lowest BCUT2D eigenvalue weighted by molar-refractivity contribution is -0.131. The Kier molecular flexibility index (Phi) is 6.52. The molecule has 0 fully saturated rings. The third-order valence-electron chi connectivity index (χ3n) is 2.61. The smallest absolute Gasteiger partial charge is 0.227 e. The highest BCUT2D eigenvalue weighted by Gasteiger charge is 2.13. The molecule has 4 nitrogen and oxygen atoms in total. The molecular formula is C14H18N2O2. The summed E-state index contributed by atoms with van der Waals surface area (Å²) in [5, 5.41) is 8.59. The molecule has 0 aliphatic carbocycles. The van der Waals surface area contributed by atoms with Crippen molar-refractivity contribution < 1.29 is 9.53 Å². The number of methoxy groups -OCH3 is 1. The van der Waals surface area contributed by atoms with Crippen molar-refractivity contribution in [2.45, 2.75) is 12.8 Å². The Bertz CT molecular complexity index is 398. The molecule has 4 heteroatoms. The van der Waals surface area contributed by atoms with Crippen LogP contribution in [-0.2, 0) is 16.0 Å². The minimum Gasteiger partial charge on any atom is -0.383 e. The quantitative estimate of drug-likeness (QED) is 0.734. The first-order valence-corrected chi connectivity index (χ1v) is 5.95. The standard InChI is InChI=1S/C14H18N2O2/c1-18-11-10-16(9-5-8-15)14(17)12-13-6-3-2-4-7-13/h2-4,6-7H,5,9-12H2,1H3. The molecule has 1 amide bonds. The zero-order valence-electron chi connectivity index (χ0n) is 10.6. The fourth-order valence-electron chi connectivity index (χ4n) is 1.63. The van der Waals surface area contributed by atoms with Gasteiger partial charge in [-0.3, -0.25) is 4.79 Å². The zero-order valence-corrected chi connectivity index (χ0v) is 10.6. The maximum absolute atomic E-state index is 12.1. The molecule has 1 aromatic rings. The lowest BCUT2D eigenvalue weighted by atomic mass is 10.1. The Hall–Kier alpha value is -1.86. The van der Waals surface area contributed by atoms with E-state index in [1.54, 1.807) is 12.0 Å². The van der Waals surface area contributed by atoms with Crippen LogP contribution >= 0.6 is 0 Å². The molecule has 18 heavy (non-hydrogen) atoms. The average Bonchev–Trinajstić information content (AvgIpc) is 2.40. The summed E-state index contributed by atoms with van der Waals surface area (Å²) in [7, 11) is 1.60. The van der Waals surface area contributed by atoms with Gasteiger partial charge >= 0.3 is 0 Å². The molecule has 0 bridgehead atoms. The second-order valence-electron chi connectivity index (χ2n) is 3.94. The van der Waals surface area contributed by atoms with Crippen LogP contribution in [0.2, 0.25) is 0 Å². The van der Waals surface area contributed by atoms with Crippen LogP contribution in [0.15, 0.2) is 30.3 Å². The maximum atomic E-state index is 12.1. The SMILES string of the molecule is COCCN(CCC#N)C(=O)Cc1ccccc1. The minimum absolute atomic E-state index is 0.0356. The first-order valence-electron chi connectivity index (χ1n) is 5.95. The first-order chi connectivity index (χ1) is 8.77. The summed E-state index contributed by atoms with van der Waals surface area (Å²) >= 11 is 0. The molecule has 96 valence electrons. The average molecular weight is 246 g/mol. The third-order valence-corrected chi connectivity index (χ3v) is 2.61. The van der Waals surface area contributed by atoms with Gasteiger partial charge in [0.05, 0.1) is 25.5 Å². The zero-order chi connectivity index (χ0) is 13.2. The van der Waals surface area contributed by atoms with Crippen LogP contribution in [0.25, 0.3) is 0 Å². The van der Waals surface area contributed by atoms with E-state index in [0.717, 1.165) is 5.56 Å². The number of hydrogen-bond acceptors (Lipinski definition) is 3. The second kappa shape index (κ2) is 8.26. The van der Waals surface area contributed by atoms with E-state index in [4.69, 9.17) is 10.00 Å². The van der Waals surface area contributed by atoms with E-state index in [2.05, 4.69) is 6.07 Å². The van der Waals surface area contributed by atoms with Crippen LogP contribution in [0.4, 0.5) is 0 Å². The van der Waals surface area contributed by atoms with Crippen molar-refractivity contribution in [1.82, 2.24) is 4.90 Å². The summed E-state index contributed by atoms with van der Waals surface area (Å²) in [4.78, 5) is 13.8. The molecule has 0 radical (unpaired) electrons. The molecule has 0 N–H and O–H groups in total. The fourth-order valence-corrected chi connectivity index (χ4v) is 1.63. The molecular weight excluding hydrogens is 228 g/mol.